The molecule has 98 valence electrons. The molecule has 0 aromatic heterocycles. The number of carbonyl (C=O) groups is 1. The highest BCUT2D eigenvalue weighted by Gasteiger charge is 2.27. The number of nitrogens with one attached hydrogen (secondary N) is 1. The Morgan fingerprint density at radius 3 is 2.47 bits per heavy atom. The summed E-state index contributed by atoms with van der Waals surface area (Å²) in [7, 11) is -3.49. The van der Waals surface area contributed by atoms with Gasteiger partial charge in [-0.25, -0.2) is 8.42 Å². The number of hydrogen-bond acceptors (Lipinski definition) is 3. The van der Waals surface area contributed by atoms with Crippen molar-refractivity contribution in [3.63, 3.8) is 0 Å². The summed E-state index contributed by atoms with van der Waals surface area (Å²) < 4.78 is 26.0. The molecule has 1 atom stereocenters. The molecular weight excluding hydrogens is 238 g/mol. The Balaban J connectivity index is 2.64. The van der Waals surface area contributed by atoms with Crippen LogP contribution >= 0.6 is 0 Å². The van der Waals surface area contributed by atoms with Gasteiger partial charge in [0.15, 0.2) is 0 Å². The summed E-state index contributed by atoms with van der Waals surface area (Å²) >= 11 is 0. The summed E-state index contributed by atoms with van der Waals surface area (Å²) in [6.45, 7) is 3.64. The Labute approximate surface area is 104 Å². The molecule has 1 amide bonds. The van der Waals surface area contributed by atoms with Crippen LogP contribution in [0.15, 0.2) is 12.2 Å². The third-order valence-corrected chi connectivity index (χ3v) is 5.26. The van der Waals surface area contributed by atoms with Gasteiger partial charge in [-0.05, 0) is 32.1 Å². The normalized spacial score (nSPS) is 20.5. The fraction of sp³-hybridized carbons (Fsp3) is 0.750. The molecule has 0 aliphatic heterocycles. The van der Waals surface area contributed by atoms with Gasteiger partial charge < -0.3 is 0 Å². The second kappa shape index (κ2) is 6.19. The van der Waals surface area contributed by atoms with Gasteiger partial charge in [-0.15, -0.1) is 0 Å². The fourth-order valence-corrected chi connectivity index (χ4v) is 3.56. The van der Waals surface area contributed by atoms with Gasteiger partial charge in [-0.3, -0.25) is 9.52 Å². The van der Waals surface area contributed by atoms with Crippen LogP contribution in [-0.4, -0.2) is 19.6 Å². The molecule has 1 aliphatic rings. The molecule has 0 aromatic carbocycles. The van der Waals surface area contributed by atoms with E-state index in [1.54, 1.807) is 0 Å². The molecule has 0 saturated heterocycles. The lowest BCUT2D eigenvalue weighted by molar-refractivity contribution is -0.123. The molecule has 0 saturated carbocycles. The van der Waals surface area contributed by atoms with E-state index >= 15 is 0 Å². The first-order valence-corrected chi connectivity index (χ1v) is 7.76. The zero-order valence-corrected chi connectivity index (χ0v) is 11.3. The quantitative estimate of drug-likeness (QED) is 0.768. The largest absolute Gasteiger partial charge is 0.274 e. The van der Waals surface area contributed by atoms with Crippen LogP contribution in [0.5, 0.6) is 0 Å². The molecule has 4 nitrogen and oxygen atoms in total. The van der Waals surface area contributed by atoms with Gasteiger partial charge in [-0.2, -0.15) is 0 Å². The summed E-state index contributed by atoms with van der Waals surface area (Å²) in [6.07, 6.45) is 7.26. The number of allylic oxidation sites excluding steroid dienone is 2. The molecule has 1 rings (SSSR count). The van der Waals surface area contributed by atoms with Crippen molar-refractivity contribution < 1.29 is 13.2 Å². The van der Waals surface area contributed by atoms with E-state index in [4.69, 9.17) is 0 Å². The Morgan fingerprint density at radius 1 is 1.35 bits per heavy atom. The monoisotopic (exact) mass is 259 g/mol. The van der Waals surface area contributed by atoms with Crippen LogP contribution in [0.1, 0.15) is 46.0 Å². The fourth-order valence-electron chi connectivity index (χ4n) is 2.07. The molecule has 17 heavy (non-hydrogen) atoms. The average molecular weight is 259 g/mol. The molecule has 0 spiro atoms. The van der Waals surface area contributed by atoms with Crippen LogP contribution in [-0.2, 0) is 14.8 Å². The molecule has 0 bridgehead atoms. The van der Waals surface area contributed by atoms with Gasteiger partial charge in [0.25, 0.3) is 0 Å². The van der Waals surface area contributed by atoms with E-state index in [0.717, 1.165) is 12.8 Å². The highest BCUT2D eigenvalue weighted by Crippen LogP contribution is 2.19. The van der Waals surface area contributed by atoms with E-state index in [-0.39, 0.29) is 11.8 Å². The van der Waals surface area contributed by atoms with E-state index < -0.39 is 15.3 Å². The Morgan fingerprint density at radius 2 is 2.00 bits per heavy atom. The maximum atomic E-state index is 11.9. The minimum absolute atomic E-state index is 0.191. The van der Waals surface area contributed by atoms with Crippen molar-refractivity contribution in [2.75, 3.05) is 0 Å². The molecular formula is C12H21NO3S. The predicted octanol–water partition coefficient (Wildman–Crippen LogP) is 1.98. The number of hydrogen-bond donors (Lipinski definition) is 1. The Kier molecular flexibility index (Phi) is 5.18. The summed E-state index contributed by atoms with van der Waals surface area (Å²) in [5, 5.41) is -0.467. The summed E-state index contributed by atoms with van der Waals surface area (Å²) in [6, 6.07) is 0. The van der Waals surface area contributed by atoms with Gasteiger partial charge in [0.05, 0.1) is 5.25 Å². The van der Waals surface area contributed by atoms with E-state index in [0.29, 0.717) is 19.3 Å². The summed E-state index contributed by atoms with van der Waals surface area (Å²) in [5.41, 5.74) is 0. The van der Waals surface area contributed by atoms with Gasteiger partial charge in [0.1, 0.15) is 0 Å². The van der Waals surface area contributed by atoms with Crippen LogP contribution in [0.3, 0.4) is 0 Å². The Bertz CT molecular complexity index is 383. The first kappa shape index (κ1) is 14.2. The summed E-state index contributed by atoms with van der Waals surface area (Å²) in [4.78, 5) is 11.8. The standard InChI is InChI=1S/C12H21NO3S/c1-3-11(4-2)17(15,16)13-12(14)10-8-6-5-7-9-10/h5-6,10-11H,3-4,7-9H2,1-2H3,(H,13,14). The highest BCUT2D eigenvalue weighted by atomic mass is 32.2. The molecule has 0 heterocycles. The minimum atomic E-state index is -3.49. The van der Waals surface area contributed by atoms with Crippen molar-refractivity contribution in [1.82, 2.24) is 4.72 Å². The lowest BCUT2D eigenvalue weighted by Gasteiger charge is -2.20. The maximum absolute atomic E-state index is 11.9. The second-order valence-corrected chi connectivity index (χ2v) is 6.39. The average Bonchev–Trinajstić information content (AvgIpc) is 2.30. The molecule has 0 fully saturated rings. The number of carbonyl (C=O) groups excluding carboxylic acids is 1. The van der Waals surface area contributed by atoms with Gasteiger partial charge in [0, 0.05) is 5.92 Å². The third kappa shape index (κ3) is 3.84. The lowest BCUT2D eigenvalue weighted by atomic mass is 9.94. The number of rotatable bonds is 5. The zero-order chi connectivity index (χ0) is 12.9. The van der Waals surface area contributed by atoms with Crippen LogP contribution < -0.4 is 4.72 Å². The highest BCUT2D eigenvalue weighted by molar-refractivity contribution is 7.90. The first-order chi connectivity index (χ1) is 8.01. The topological polar surface area (TPSA) is 63.2 Å². The molecule has 1 N–H and O–H groups in total. The number of sulfonamides is 1. The van der Waals surface area contributed by atoms with Crippen molar-refractivity contribution in [3.8, 4) is 0 Å². The van der Waals surface area contributed by atoms with Crippen LogP contribution in [0.2, 0.25) is 0 Å². The third-order valence-electron chi connectivity index (χ3n) is 3.23. The lowest BCUT2D eigenvalue weighted by Crippen LogP contribution is -2.41. The van der Waals surface area contributed by atoms with Crippen molar-refractivity contribution in [1.29, 1.82) is 0 Å². The van der Waals surface area contributed by atoms with E-state index in [1.807, 2.05) is 26.0 Å². The van der Waals surface area contributed by atoms with E-state index in [9.17, 15) is 13.2 Å². The Hall–Kier alpha value is -0.840. The molecule has 1 aliphatic carbocycles. The van der Waals surface area contributed by atoms with Crippen LogP contribution in [0, 0.1) is 5.92 Å². The van der Waals surface area contributed by atoms with Crippen molar-refractivity contribution in [3.05, 3.63) is 12.2 Å². The first-order valence-electron chi connectivity index (χ1n) is 6.21. The smallest absolute Gasteiger partial charge is 0.237 e. The summed E-state index contributed by atoms with van der Waals surface area (Å²) in [5.74, 6) is -0.537. The molecule has 0 radical (unpaired) electrons. The molecule has 1 unspecified atom stereocenters. The molecule has 0 aromatic rings. The zero-order valence-electron chi connectivity index (χ0n) is 10.5. The predicted molar refractivity (Wildman–Crippen MR) is 67.9 cm³/mol. The number of amides is 1. The minimum Gasteiger partial charge on any atom is -0.274 e. The van der Waals surface area contributed by atoms with Crippen molar-refractivity contribution in [2.45, 2.75) is 51.2 Å². The van der Waals surface area contributed by atoms with E-state index in [1.165, 1.54) is 0 Å². The van der Waals surface area contributed by atoms with Gasteiger partial charge in [0.2, 0.25) is 15.9 Å². The van der Waals surface area contributed by atoms with Crippen LogP contribution in [0.4, 0.5) is 0 Å². The second-order valence-electron chi connectivity index (χ2n) is 4.43. The molecule has 5 heteroatoms. The van der Waals surface area contributed by atoms with Crippen molar-refractivity contribution in [2.24, 2.45) is 5.92 Å². The van der Waals surface area contributed by atoms with Crippen LogP contribution in [0.25, 0.3) is 0 Å². The maximum Gasteiger partial charge on any atom is 0.237 e. The van der Waals surface area contributed by atoms with Gasteiger partial charge in [-0.1, -0.05) is 26.0 Å². The van der Waals surface area contributed by atoms with Crippen molar-refractivity contribution >= 4 is 15.9 Å². The van der Waals surface area contributed by atoms with E-state index in [2.05, 4.69) is 4.72 Å². The van der Waals surface area contributed by atoms with Gasteiger partial charge >= 0.3 is 0 Å². The SMILES string of the molecule is CCC(CC)S(=O)(=O)NC(=O)C1CC=CCC1.